The molecule has 1 N–H and O–H groups in total. The fraction of sp³-hybridized carbons (Fsp3) is 0.244. The molecule has 8 rings (SSSR count). The van der Waals surface area contributed by atoms with E-state index < -0.39 is 5.41 Å². The van der Waals surface area contributed by atoms with E-state index in [4.69, 9.17) is 0 Å². The van der Waals surface area contributed by atoms with Gasteiger partial charge in [-0.1, -0.05) is 170 Å². The van der Waals surface area contributed by atoms with E-state index in [1.54, 1.807) is 0 Å². The second-order valence-corrected chi connectivity index (χ2v) is 17.5. The summed E-state index contributed by atoms with van der Waals surface area (Å²) >= 11 is 7.46. The first kappa shape index (κ1) is 31.6. The Morgan fingerprint density at radius 1 is 0.604 bits per heavy atom. The van der Waals surface area contributed by atoms with Crippen LogP contribution in [0.4, 0.5) is 5.69 Å². The van der Waals surface area contributed by atoms with Gasteiger partial charge < -0.3 is 5.32 Å². The number of hydrogen-bond acceptors (Lipinski definition) is 1. The van der Waals surface area contributed by atoms with Gasteiger partial charge in [0.15, 0.2) is 0 Å². The molecule has 2 atom stereocenters. The summed E-state index contributed by atoms with van der Waals surface area (Å²) in [4.78, 5) is 0. The Morgan fingerprint density at radius 3 is 1.83 bits per heavy atom. The molecule has 2 unspecified atom stereocenters. The Morgan fingerprint density at radius 2 is 1.21 bits per heavy atom. The van der Waals surface area contributed by atoms with Gasteiger partial charge in [-0.25, -0.2) is 0 Å². The first-order chi connectivity index (χ1) is 22.9. The molecule has 5 aromatic rings. The average Bonchev–Trinajstić information content (AvgIpc) is 3.52. The minimum absolute atomic E-state index is 0.0295. The van der Waals surface area contributed by atoms with Crippen LogP contribution in [-0.2, 0) is 16.2 Å². The molecule has 0 bridgehead atoms. The molecule has 1 spiro atoms. The van der Waals surface area contributed by atoms with Gasteiger partial charge in [-0.2, -0.15) is 0 Å². The number of nitrogens with one attached hydrogen (secondary N) is 1. The Labute approximate surface area is 302 Å². The van der Waals surface area contributed by atoms with Gasteiger partial charge in [0.05, 0.1) is 11.5 Å². The Balaban J connectivity index is 1.42. The van der Waals surface area contributed by atoms with Gasteiger partial charge in [0.2, 0.25) is 0 Å². The van der Waals surface area contributed by atoms with Crippen LogP contribution in [-0.4, -0.2) is 6.04 Å². The van der Waals surface area contributed by atoms with Gasteiger partial charge >= 0.3 is 0 Å². The molecule has 0 heterocycles. The van der Waals surface area contributed by atoms with E-state index in [-0.39, 0.29) is 22.8 Å². The lowest BCUT2D eigenvalue weighted by atomic mass is 9.68. The zero-order valence-electron chi connectivity index (χ0n) is 28.5. The van der Waals surface area contributed by atoms with Crippen molar-refractivity contribution in [2.75, 3.05) is 5.32 Å². The standard InChI is InChI=1S/C45H41Br2N/c1-43(2,3)27-14-21-32-33-22-15-28(44(4,5)6)25-40(33)45(39(32)24-27)37-12-8-7-10-35(37)42-34(11-9-13-38(42)45)36-26-30(47)18-23-41(36)48-31-19-16-29(46)17-20-31/h7-26,36,41,48H,1-6H3. The molecule has 0 saturated heterocycles. The summed E-state index contributed by atoms with van der Waals surface area (Å²) in [6.07, 6.45) is 6.86. The molecular weight excluding hydrogens is 714 g/mol. The summed E-state index contributed by atoms with van der Waals surface area (Å²) in [5.74, 6) is 0.119. The predicted molar refractivity (Wildman–Crippen MR) is 211 cm³/mol. The van der Waals surface area contributed by atoms with Crippen LogP contribution in [0.5, 0.6) is 0 Å². The number of allylic oxidation sites excluding steroid dienone is 2. The van der Waals surface area contributed by atoms with Gasteiger partial charge in [-0.15, -0.1) is 0 Å². The molecule has 3 aliphatic rings. The van der Waals surface area contributed by atoms with E-state index >= 15 is 0 Å². The van der Waals surface area contributed by atoms with Crippen LogP contribution in [0, 0.1) is 0 Å². The lowest BCUT2D eigenvalue weighted by Gasteiger charge is -2.33. The minimum atomic E-state index is -0.408. The zero-order valence-corrected chi connectivity index (χ0v) is 31.6. The molecule has 5 aromatic carbocycles. The summed E-state index contributed by atoms with van der Waals surface area (Å²) in [6.45, 7) is 14.0. The van der Waals surface area contributed by atoms with Crippen LogP contribution in [0.25, 0.3) is 22.3 Å². The van der Waals surface area contributed by atoms with Crippen LogP contribution in [0.1, 0.15) is 86.4 Å². The Kier molecular flexibility index (Phi) is 7.36. The molecule has 3 heteroatoms. The fourth-order valence-corrected chi connectivity index (χ4v) is 8.98. The van der Waals surface area contributed by atoms with E-state index in [0.717, 1.165) is 14.6 Å². The van der Waals surface area contributed by atoms with Crippen molar-refractivity contribution < 1.29 is 0 Å². The van der Waals surface area contributed by atoms with Gasteiger partial charge in [0, 0.05) is 20.6 Å². The molecule has 1 nitrogen and oxygen atoms in total. The summed E-state index contributed by atoms with van der Waals surface area (Å²) in [5, 5.41) is 3.86. The third-order valence-electron chi connectivity index (χ3n) is 10.7. The Bertz CT molecular complexity index is 2090. The normalized spacial score (nSPS) is 18.6. The van der Waals surface area contributed by atoms with Crippen molar-refractivity contribution in [2.24, 2.45) is 0 Å². The van der Waals surface area contributed by atoms with Gasteiger partial charge in [-0.3, -0.25) is 0 Å². The topological polar surface area (TPSA) is 12.0 Å². The van der Waals surface area contributed by atoms with E-state index in [9.17, 15) is 0 Å². The quantitative estimate of drug-likeness (QED) is 0.189. The number of hydrogen-bond donors (Lipinski definition) is 1. The van der Waals surface area contributed by atoms with Crippen molar-refractivity contribution in [3.8, 4) is 22.3 Å². The van der Waals surface area contributed by atoms with Crippen LogP contribution < -0.4 is 5.32 Å². The zero-order chi connectivity index (χ0) is 33.6. The number of rotatable bonds is 3. The molecule has 0 aliphatic heterocycles. The first-order valence-electron chi connectivity index (χ1n) is 17.0. The molecule has 0 radical (unpaired) electrons. The maximum atomic E-state index is 3.86. The van der Waals surface area contributed by atoms with Crippen molar-refractivity contribution in [2.45, 2.75) is 69.7 Å². The van der Waals surface area contributed by atoms with Crippen molar-refractivity contribution in [1.29, 1.82) is 0 Å². The van der Waals surface area contributed by atoms with Gasteiger partial charge in [0.25, 0.3) is 0 Å². The van der Waals surface area contributed by atoms with Gasteiger partial charge in [0.1, 0.15) is 0 Å². The monoisotopic (exact) mass is 753 g/mol. The second-order valence-electron chi connectivity index (χ2n) is 15.7. The second kappa shape index (κ2) is 11.2. The van der Waals surface area contributed by atoms with Crippen molar-refractivity contribution in [1.82, 2.24) is 0 Å². The summed E-state index contributed by atoms with van der Waals surface area (Å²) in [5.41, 5.74) is 15.8. The summed E-state index contributed by atoms with van der Waals surface area (Å²) < 4.78 is 2.19. The van der Waals surface area contributed by atoms with E-state index in [2.05, 4.69) is 200 Å². The van der Waals surface area contributed by atoms with Crippen LogP contribution >= 0.6 is 31.9 Å². The number of anilines is 1. The van der Waals surface area contributed by atoms with E-state index in [1.807, 2.05) is 0 Å². The smallest absolute Gasteiger partial charge is 0.0725 e. The SMILES string of the molecule is CC(C)(C)c1ccc2c(c1)C1(c3cc(C(C)(C)C)ccc3-2)c2ccccc2-c2c(C3C=C(Br)C=CC3Nc3ccc(Br)cc3)cccc21. The number of benzene rings is 5. The third-order valence-corrected chi connectivity index (χ3v) is 11.8. The fourth-order valence-electron chi connectivity index (χ4n) is 8.28. The molecule has 0 fully saturated rings. The molecule has 240 valence electrons. The first-order valence-corrected chi connectivity index (χ1v) is 18.6. The van der Waals surface area contributed by atoms with Crippen molar-refractivity contribution >= 4 is 37.5 Å². The molecule has 3 aliphatic carbocycles. The van der Waals surface area contributed by atoms with Crippen LogP contribution in [0.3, 0.4) is 0 Å². The molecule has 0 saturated carbocycles. The number of halogens is 2. The highest BCUT2D eigenvalue weighted by Gasteiger charge is 2.53. The largest absolute Gasteiger partial charge is 0.378 e. The summed E-state index contributed by atoms with van der Waals surface area (Å²) in [7, 11) is 0. The third kappa shape index (κ3) is 4.83. The average molecular weight is 756 g/mol. The summed E-state index contributed by atoms with van der Waals surface area (Å²) in [6, 6.07) is 39.4. The van der Waals surface area contributed by atoms with Crippen LogP contribution in [0.2, 0.25) is 0 Å². The van der Waals surface area contributed by atoms with E-state index in [0.29, 0.717) is 0 Å². The van der Waals surface area contributed by atoms with Gasteiger partial charge in [-0.05, 0) is 96.3 Å². The van der Waals surface area contributed by atoms with Crippen molar-refractivity contribution in [3.63, 3.8) is 0 Å². The highest BCUT2D eigenvalue weighted by Crippen LogP contribution is 2.64. The maximum Gasteiger partial charge on any atom is 0.0725 e. The molecule has 0 amide bonds. The Hall–Kier alpha value is -3.66. The highest BCUT2D eigenvalue weighted by atomic mass is 79.9. The molecule has 48 heavy (non-hydrogen) atoms. The van der Waals surface area contributed by atoms with Crippen LogP contribution in [0.15, 0.2) is 130 Å². The van der Waals surface area contributed by atoms with Crippen molar-refractivity contribution in [3.05, 3.63) is 169 Å². The predicted octanol–water partition coefficient (Wildman–Crippen LogP) is 12.8. The lowest BCUT2D eigenvalue weighted by Crippen LogP contribution is -2.28. The minimum Gasteiger partial charge on any atom is -0.378 e. The highest BCUT2D eigenvalue weighted by molar-refractivity contribution is 9.12. The number of fused-ring (bicyclic) bond motifs is 10. The molecule has 0 aromatic heterocycles. The maximum absolute atomic E-state index is 3.86. The van der Waals surface area contributed by atoms with E-state index in [1.165, 1.54) is 61.2 Å². The lowest BCUT2D eigenvalue weighted by molar-refractivity contribution is 0.586. The molecular formula is C45H41Br2N.